The number of carbonyl (C=O) groups is 1. The standard InChI is InChI=1S/C16H16FN3O2.ClH/c1-20-9-11(3-5-14(20)21)16(22)19-13-4-2-10-8-18-7-6-12(10)15(13)17;/h2-5,9,18H,6-8H2,1H3,(H,19,22);1H. The lowest BCUT2D eigenvalue weighted by atomic mass is 9.99. The van der Waals surface area contributed by atoms with E-state index >= 15 is 0 Å². The van der Waals surface area contributed by atoms with Gasteiger partial charge < -0.3 is 15.2 Å². The van der Waals surface area contributed by atoms with Gasteiger partial charge in [-0.1, -0.05) is 6.07 Å². The zero-order chi connectivity index (χ0) is 15.7. The predicted molar refractivity (Wildman–Crippen MR) is 88.7 cm³/mol. The molecular weight excluding hydrogens is 321 g/mol. The number of fused-ring (bicyclic) bond motifs is 1. The molecule has 0 fully saturated rings. The molecule has 0 saturated carbocycles. The number of aryl methyl sites for hydroxylation is 1. The fourth-order valence-electron chi connectivity index (χ4n) is 2.55. The highest BCUT2D eigenvalue weighted by Crippen LogP contribution is 2.24. The zero-order valence-corrected chi connectivity index (χ0v) is 13.4. The van der Waals surface area contributed by atoms with Crippen molar-refractivity contribution in [3.63, 3.8) is 0 Å². The van der Waals surface area contributed by atoms with Gasteiger partial charge in [0.25, 0.3) is 5.91 Å². The normalized spacial score (nSPS) is 13.0. The van der Waals surface area contributed by atoms with E-state index in [4.69, 9.17) is 0 Å². The number of hydrogen-bond acceptors (Lipinski definition) is 3. The lowest BCUT2D eigenvalue weighted by Gasteiger charge is -2.19. The minimum atomic E-state index is -0.441. The molecule has 2 N–H and O–H groups in total. The summed E-state index contributed by atoms with van der Waals surface area (Å²) in [5.41, 5.74) is 1.84. The van der Waals surface area contributed by atoms with Crippen LogP contribution in [0.4, 0.5) is 10.1 Å². The Morgan fingerprint density at radius 1 is 1.30 bits per heavy atom. The van der Waals surface area contributed by atoms with Crippen LogP contribution in [0.1, 0.15) is 21.5 Å². The van der Waals surface area contributed by atoms with Crippen LogP contribution in [0.2, 0.25) is 0 Å². The molecule has 3 rings (SSSR count). The molecule has 0 saturated heterocycles. The topological polar surface area (TPSA) is 63.1 Å². The predicted octanol–water partition coefficient (Wildman–Crippen LogP) is 1.84. The summed E-state index contributed by atoms with van der Waals surface area (Å²) in [5.74, 6) is -0.819. The van der Waals surface area contributed by atoms with Crippen LogP contribution in [0.5, 0.6) is 0 Å². The van der Waals surface area contributed by atoms with Gasteiger partial charge in [-0.05, 0) is 36.2 Å². The first kappa shape index (κ1) is 17.2. The van der Waals surface area contributed by atoms with E-state index in [9.17, 15) is 14.0 Å². The number of anilines is 1. The minimum Gasteiger partial charge on any atom is -0.319 e. The lowest BCUT2D eigenvalue weighted by molar-refractivity contribution is 0.102. The monoisotopic (exact) mass is 337 g/mol. The third-order valence-corrected chi connectivity index (χ3v) is 3.80. The Balaban J connectivity index is 0.00000192. The number of amides is 1. The molecule has 23 heavy (non-hydrogen) atoms. The maximum absolute atomic E-state index is 14.5. The van der Waals surface area contributed by atoms with Gasteiger partial charge >= 0.3 is 0 Å². The summed E-state index contributed by atoms with van der Waals surface area (Å²) in [4.78, 5) is 23.5. The zero-order valence-electron chi connectivity index (χ0n) is 12.6. The van der Waals surface area contributed by atoms with Gasteiger partial charge in [-0.25, -0.2) is 4.39 Å². The average molecular weight is 338 g/mol. The van der Waals surface area contributed by atoms with Crippen molar-refractivity contribution < 1.29 is 9.18 Å². The Labute approximate surface area is 138 Å². The van der Waals surface area contributed by atoms with E-state index in [0.29, 0.717) is 24.1 Å². The van der Waals surface area contributed by atoms with Crippen molar-refractivity contribution in [2.75, 3.05) is 11.9 Å². The molecule has 122 valence electrons. The van der Waals surface area contributed by atoms with E-state index in [1.807, 2.05) is 6.07 Å². The molecule has 0 radical (unpaired) electrons. The molecule has 7 heteroatoms. The summed E-state index contributed by atoms with van der Waals surface area (Å²) in [5, 5.41) is 5.75. The van der Waals surface area contributed by atoms with E-state index < -0.39 is 5.91 Å². The molecule has 0 unspecified atom stereocenters. The smallest absolute Gasteiger partial charge is 0.257 e. The van der Waals surface area contributed by atoms with Crippen LogP contribution in [-0.4, -0.2) is 17.0 Å². The summed E-state index contributed by atoms with van der Waals surface area (Å²) in [6.45, 7) is 1.36. The van der Waals surface area contributed by atoms with Crippen molar-refractivity contribution in [3.8, 4) is 0 Å². The van der Waals surface area contributed by atoms with Crippen LogP contribution in [0.3, 0.4) is 0 Å². The second kappa shape index (κ2) is 6.93. The van der Waals surface area contributed by atoms with Crippen LogP contribution in [0.15, 0.2) is 35.3 Å². The summed E-state index contributed by atoms with van der Waals surface area (Å²) in [6, 6.07) is 6.13. The largest absolute Gasteiger partial charge is 0.319 e. The number of aromatic nitrogens is 1. The quantitative estimate of drug-likeness (QED) is 0.879. The number of benzene rings is 1. The third kappa shape index (κ3) is 3.43. The molecule has 1 aromatic carbocycles. The van der Waals surface area contributed by atoms with Crippen molar-refractivity contribution in [2.45, 2.75) is 13.0 Å². The van der Waals surface area contributed by atoms with Gasteiger partial charge in [0, 0.05) is 25.9 Å². The molecule has 1 aliphatic heterocycles. The Kier molecular flexibility index (Phi) is 5.18. The van der Waals surface area contributed by atoms with Crippen molar-refractivity contribution in [1.82, 2.24) is 9.88 Å². The van der Waals surface area contributed by atoms with Crippen molar-refractivity contribution in [1.29, 1.82) is 0 Å². The van der Waals surface area contributed by atoms with E-state index in [0.717, 1.165) is 12.1 Å². The molecule has 0 spiro atoms. The number of hydrogen-bond donors (Lipinski definition) is 2. The first-order chi connectivity index (χ1) is 10.6. The van der Waals surface area contributed by atoms with Gasteiger partial charge in [-0.2, -0.15) is 0 Å². The summed E-state index contributed by atoms with van der Waals surface area (Å²) in [7, 11) is 1.56. The van der Waals surface area contributed by atoms with Crippen LogP contribution in [0, 0.1) is 5.82 Å². The fourth-order valence-corrected chi connectivity index (χ4v) is 2.55. The maximum Gasteiger partial charge on any atom is 0.257 e. The summed E-state index contributed by atoms with van der Waals surface area (Å²) < 4.78 is 15.8. The van der Waals surface area contributed by atoms with Gasteiger partial charge in [0.2, 0.25) is 5.56 Å². The van der Waals surface area contributed by atoms with Crippen LogP contribution in [-0.2, 0) is 20.0 Å². The van der Waals surface area contributed by atoms with Crippen molar-refractivity contribution in [2.24, 2.45) is 7.05 Å². The number of halogens is 2. The number of nitrogens with one attached hydrogen (secondary N) is 2. The highest BCUT2D eigenvalue weighted by molar-refractivity contribution is 6.04. The van der Waals surface area contributed by atoms with Gasteiger partial charge in [-0.3, -0.25) is 9.59 Å². The number of carbonyl (C=O) groups excluding carboxylic acids is 1. The van der Waals surface area contributed by atoms with Gasteiger partial charge in [-0.15, -0.1) is 12.4 Å². The fraction of sp³-hybridized carbons (Fsp3) is 0.250. The molecular formula is C16H17ClFN3O2. The maximum atomic E-state index is 14.5. The molecule has 1 aliphatic rings. The van der Waals surface area contributed by atoms with Crippen LogP contribution in [0.25, 0.3) is 0 Å². The molecule has 2 aromatic rings. The molecule has 1 amide bonds. The third-order valence-electron chi connectivity index (χ3n) is 3.80. The lowest BCUT2D eigenvalue weighted by Crippen LogP contribution is -2.25. The second-order valence-electron chi connectivity index (χ2n) is 5.31. The summed E-state index contributed by atoms with van der Waals surface area (Å²) in [6.07, 6.45) is 2.03. The Morgan fingerprint density at radius 2 is 2.09 bits per heavy atom. The molecule has 2 heterocycles. The van der Waals surface area contributed by atoms with Gasteiger partial charge in [0.05, 0.1) is 11.3 Å². The molecule has 0 aliphatic carbocycles. The van der Waals surface area contributed by atoms with E-state index in [1.165, 1.54) is 22.9 Å². The first-order valence-corrected chi connectivity index (χ1v) is 7.05. The second-order valence-corrected chi connectivity index (χ2v) is 5.31. The average Bonchev–Trinajstić information content (AvgIpc) is 2.53. The summed E-state index contributed by atoms with van der Waals surface area (Å²) >= 11 is 0. The van der Waals surface area contributed by atoms with Gasteiger partial charge in [0.15, 0.2) is 0 Å². The highest BCUT2D eigenvalue weighted by Gasteiger charge is 2.18. The number of nitrogens with zero attached hydrogens (tertiary/aromatic N) is 1. The van der Waals surface area contributed by atoms with Crippen molar-refractivity contribution in [3.05, 3.63) is 63.3 Å². The van der Waals surface area contributed by atoms with Gasteiger partial charge in [0.1, 0.15) is 5.82 Å². The number of rotatable bonds is 2. The highest BCUT2D eigenvalue weighted by atomic mass is 35.5. The van der Waals surface area contributed by atoms with E-state index in [2.05, 4.69) is 10.6 Å². The Morgan fingerprint density at radius 3 is 2.83 bits per heavy atom. The molecule has 0 atom stereocenters. The van der Waals surface area contributed by atoms with Crippen LogP contribution >= 0.6 is 12.4 Å². The first-order valence-electron chi connectivity index (χ1n) is 7.05. The number of pyridine rings is 1. The molecule has 0 bridgehead atoms. The minimum absolute atomic E-state index is 0. The van der Waals surface area contributed by atoms with Crippen LogP contribution < -0.4 is 16.2 Å². The Bertz CT molecular complexity index is 804. The Hall–Kier alpha value is -2.18. The molecule has 1 aromatic heterocycles. The van der Waals surface area contributed by atoms with E-state index in [1.54, 1.807) is 13.1 Å². The van der Waals surface area contributed by atoms with Crippen molar-refractivity contribution >= 4 is 24.0 Å². The van der Waals surface area contributed by atoms with E-state index in [-0.39, 0.29) is 29.5 Å². The molecule has 5 nitrogen and oxygen atoms in total. The SMILES string of the molecule is Cl.Cn1cc(C(=O)Nc2ccc3c(c2F)CCNC3)ccc1=O.